The highest BCUT2D eigenvalue weighted by Gasteiger charge is 2.25. The molecule has 0 spiro atoms. The first-order valence-electron chi connectivity index (χ1n) is 12.2. The van der Waals surface area contributed by atoms with E-state index in [4.69, 9.17) is 19.6 Å². The number of carbonyl (C=O) groups excluding carboxylic acids is 1. The van der Waals surface area contributed by atoms with Crippen LogP contribution in [-0.2, 0) is 11.3 Å². The number of pyridine rings is 1. The fraction of sp³-hybridized carbons (Fsp3) is 0.250. The third-order valence-electron chi connectivity index (χ3n) is 6.47. The number of hydrogen-bond acceptors (Lipinski definition) is 8. The number of nitrogens with zero attached hydrogens (tertiary/aromatic N) is 7. The minimum absolute atomic E-state index is 0.0490. The molecular formula is C28H27N7O3. The topological polar surface area (TPSA) is 109 Å². The van der Waals surface area contributed by atoms with Gasteiger partial charge in [-0.1, -0.05) is 30.3 Å². The lowest BCUT2D eigenvalue weighted by atomic mass is 10.2. The van der Waals surface area contributed by atoms with Gasteiger partial charge >= 0.3 is 0 Å². The Morgan fingerprint density at radius 2 is 1.71 bits per heavy atom. The minimum Gasteiger partial charge on any atom is -0.493 e. The number of hydrogen-bond donors (Lipinski definition) is 0. The highest BCUT2D eigenvalue weighted by atomic mass is 16.5. The molecule has 1 aliphatic rings. The van der Waals surface area contributed by atoms with Gasteiger partial charge in [0.1, 0.15) is 18.4 Å². The van der Waals surface area contributed by atoms with Gasteiger partial charge in [-0.3, -0.25) is 4.79 Å². The van der Waals surface area contributed by atoms with E-state index in [1.54, 1.807) is 43.3 Å². The predicted molar refractivity (Wildman–Crippen MR) is 142 cm³/mol. The third kappa shape index (κ3) is 4.99. The second-order valence-corrected chi connectivity index (χ2v) is 8.71. The van der Waals surface area contributed by atoms with Crippen LogP contribution in [0.15, 0.2) is 66.9 Å². The van der Waals surface area contributed by atoms with Crippen LogP contribution >= 0.6 is 0 Å². The Morgan fingerprint density at radius 1 is 0.947 bits per heavy atom. The Morgan fingerprint density at radius 3 is 2.42 bits per heavy atom. The Labute approximate surface area is 220 Å². The smallest absolute Gasteiger partial charge is 0.244 e. The monoisotopic (exact) mass is 509 g/mol. The molecule has 2 aromatic carbocycles. The molecule has 0 atom stereocenters. The van der Waals surface area contributed by atoms with Crippen molar-refractivity contribution < 1.29 is 14.3 Å². The van der Waals surface area contributed by atoms with Crippen LogP contribution < -0.4 is 14.4 Å². The average molecular weight is 510 g/mol. The van der Waals surface area contributed by atoms with Gasteiger partial charge in [-0.25, -0.2) is 14.6 Å². The van der Waals surface area contributed by atoms with Gasteiger partial charge in [0.15, 0.2) is 23.1 Å². The van der Waals surface area contributed by atoms with Crippen LogP contribution in [0.2, 0.25) is 0 Å². The first kappa shape index (κ1) is 24.8. The molecule has 0 N–H and O–H groups in total. The molecule has 5 rings (SSSR count). The summed E-state index contributed by atoms with van der Waals surface area (Å²) in [5.41, 5.74) is 2.15. The van der Waals surface area contributed by atoms with Gasteiger partial charge in [0.2, 0.25) is 5.91 Å². The van der Waals surface area contributed by atoms with Gasteiger partial charge in [-0.15, -0.1) is 5.10 Å². The molecule has 1 fully saturated rings. The standard InChI is InChI=1S/C28H27N7O3/c1-37-23-11-10-21(17-24(23)38-2)26-31-28(20-7-4-3-5-8-20)35(32-26)19-25(36)33-13-15-34(16-14-33)27-22(18-29)9-6-12-30-27/h3-12,17H,13-16,19H2,1-2H3. The van der Waals surface area contributed by atoms with Crippen molar-refractivity contribution in [3.63, 3.8) is 0 Å². The third-order valence-corrected chi connectivity index (χ3v) is 6.47. The summed E-state index contributed by atoms with van der Waals surface area (Å²) in [6.07, 6.45) is 1.68. The van der Waals surface area contributed by atoms with E-state index in [9.17, 15) is 10.1 Å². The zero-order valence-corrected chi connectivity index (χ0v) is 21.2. The Hall–Kier alpha value is -4.91. The second-order valence-electron chi connectivity index (χ2n) is 8.71. The van der Waals surface area contributed by atoms with Gasteiger partial charge in [-0.2, -0.15) is 5.26 Å². The average Bonchev–Trinajstić information content (AvgIpc) is 3.40. The van der Waals surface area contributed by atoms with Crippen molar-refractivity contribution in [3.05, 3.63) is 72.4 Å². The van der Waals surface area contributed by atoms with Gasteiger partial charge in [0.05, 0.1) is 19.8 Å². The van der Waals surface area contributed by atoms with Gasteiger partial charge in [0, 0.05) is 43.5 Å². The Balaban J connectivity index is 1.37. The highest BCUT2D eigenvalue weighted by molar-refractivity contribution is 5.77. The van der Waals surface area contributed by atoms with E-state index in [1.807, 2.05) is 52.3 Å². The molecule has 0 radical (unpaired) electrons. The quantitative estimate of drug-likeness (QED) is 0.374. The van der Waals surface area contributed by atoms with Crippen molar-refractivity contribution in [2.75, 3.05) is 45.3 Å². The summed E-state index contributed by atoms with van der Waals surface area (Å²) >= 11 is 0. The molecule has 0 saturated carbocycles. The normalized spacial score (nSPS) is 13.2. The number of carbonyl (C=O) groups is 1. The summed E-state index contributed by atoms with van der Waals surface area (Å²) in [6, 6.07) is 20.9. The van der Waals surface area contributed by atoms with Crippen LogP contribution in [0.25, 0.3) is 22.8 Å². The van der Waals surface area contributed by atoms with E-state index >= 15 is 0 Å². The van der Waals surface area contributed by atoms with E-state index < -0.39 is 0 Å². The van der Waals surface area contributed by atoms with Crippen LogP contribution in [0.1, 0.15) is 5.56 Å². The van der Waals surface area contributed by atoms with Gasteiger partial charge in [0.25, 0.3) is 0 Å². The number of rotatable bonds is 7. The predicted octanol–water partition coefficient (Wildman–Crippen LogP) is 3.24. The maximum Gasteiger partial charge on any atom is 0.244 e. The maximum absolute atomic E-state index is 13.4. The molecule has 0 unspecified atom stereocenters. The Bertz CT molecular complexity index is 1470. The number of aromatic nitrogens is 4. The van der Waals surface area contributed by atoms with Crippen molar-refractivity contribution in [2.45, 2.75) is 6.54 Å². The van der Waals surface area contributed by atoms with E-state index in [0.29, 0.717) is 60.7 Å². The number of ether oxygens (including phenoxy) is 2. The van der Waals surface area contributed by atoms with Crippen LogP contribution in [0.4, 0.5) is 5.82 Å². The molecule has 3 heterocycles. The molecule has 38 heavy (non-hydrogen) atoms. The number of anilines is 1. The number of methoxy groups -OCH3 is 2. The molecule has 2 aromatic heterocycles. The van der Waals surface area contributed by atoms with Gasteiger partial charge in [-0.05, 0) is 30.3 Å². The second kappa shape index (κ2) is 11.0. The maximum atomic E-state index is 13.4. The molecule has 10 nitrogen and oxygen atoms in total. The van der Waals surface area contributed by atoms with Crippen molar-refractivity contribution >= 4 is 11.7 Å². The molecule has 192 valence electrons. The summed E-state index contributed by atoms with van der Waals surface area (Å²) in [5.74, 6) is 2.89. The number of benzene rings is 2. The number of nitriles is 1. The van der Waals surface area contributed by atoms with Crippen molar-refractivity contribution in [2.24, 2.45) is 0 Å². The summed E-state index contributed by atoms with van der Waals surface area (Å²) in [4.78, 5) is 26.4. The molecular weight excluding hydrogens is 482 g/mol. The molecule has 0 aliphatic carbocycles. The lowest BCUT2D eigenvalue weighted by molar-refractivity contribution is -0.132. The number of piperazine rings is 1. The number of amides is 1. The van der Waals surface area contributed by atoms with E-state index in [1.165, 1.54) is 0 Å². The molecule has 1 amide bonds. The summed E-state index contributed by atoms with van der Waals surface area (Å²) < 4.78 is 12.4. The van der Waals surface area contributed by atoms with Crippen LogP contribution in [0.5, 0.6) is 11.5 Å². The SMILES string of the molecule is COc1ccc(-c2nc(-c3ccccc3)n(CC(=O)N3CCN(c4ncccc4C#N)CC3)n2)cc1OC. The van der Waals surface area contributed by atoms with Crippen LogP contribution in [0.3, 0.4) is 0 Å². The molecule has 10 heteroatoms. The van der Waals surface area contributed by atoms with E-state index in [-0.39, 0.29) is 12.5 Å². The van der Waals surface area contributed by atoms with Gasteiger partial charge < -0.3 is 19.3 Å². The highest BCUT2D eigenvalue weighted by Crippen LogP contribution is 2.32. The summed E-state index contributed by atoms with van der Waals surface area (Å²) in [7, 11) is 3.17. The Kier molecular flexibility index (Phi) is 7.17. The zero-order chi connectivity index (χ0) is 26.5. The van der Waals surface area contributed by atoms with Crippen molar-refractivity contribution in [1.82, 2.24) is 24.6 Å². The molecule has 0 bridgehead atoms. The molecule has 1 aliphatic heterocycles. The first-order chi connectivity index (χ1) is 18.6. The fourth-order valence-electron chi connectivity index (χ4n) is 4.48. The largest absolute Gasteiger partial charge is 0.493 e. The lowest BCUT2D eigenvalue weighted by Gasteiger charge is -2.35. The molecule has 4 aromatic rings. The minimum atomic E-state index is -0.0490. The van der Waals surface area contributed by atoms with Crippen molar-refractivity contribution in [3.8, 4) is 40.3 Å². The van der Waals surface area contributed by atoms with Crippen LogP contribution in [0, 0.1) is 11.3 Å². The van der Waals surface area contributed by atoms with Crippen molar-refractivity contribution in [1.29, 1.82) is 5.26 Å². The molecule has 1 saturated heterocycles. The summed E-state index contributed by atoms with van der Waals surface area (Å²) in [5, 5.41) is 14.1. The van der Waals surface area contributed by atoms with Crippen LogP contribution in [-0.4, -0.2) is 71.0 Å². The van der Waals surface area contributed by atoms with E-state index in [2.05, 4.69) is 11.1 Å². The zero-order valence-electron chi connectivity index (χ0n) is 21.2. The first-order valence-corrected chi connectivity index (χ1v) is 12.2. The summed E-state index contributed by atoms with van der Waals surface area (Å²) in [6.45, 7) is 2.29. The fourth-order valence-corrected chi connectivity index (χ4v) is 4.48. The van der Waals surface area contributed by atoms with E-state index in [0.717, 1.165) is 11.1 Å². The lowest BCUT2D eigenvalue weighted by Crippen LogP contribution is -2.50.